The smallest absolute Gasteiger partial charge is 0.123 e. The van der Waals surface area contributed by atoms with Crippen molar-refractivity contribution in [1.29, 1.82) is 0 Å². The summed E-state index contributed by atoms with van der Waals surface area (Å²) in [5.74, 6) is 1.42. The van der Waals surface area contributed by atoms with Crippen molar-refractivity contribution >= 4 is 0 Å². The molecule has 1 aromatic carbocycles. The normalized spacial score (nSPS) is 17.8. The van der Waals surface area contributed by atoms with Crippen LogP contribution < -0.4 is 10.1 Å². The molecule has 0 amide bonds. The van der Waals surface area contributed by atoms with Crippen molar-refractivity contribution in [1.82, 2.24) is 5.32 Å². The lowest BCUT2D eigenvalue weighted by Gasteiger charge is -2.10. The fourth-order valence-electron chi connectivity index (χ4n) is 2.04. The summed E-state index contributed by atoms with van der Waals surface area (Å²) in [5, 5.41) is 3.32. The van der Waals surface area contributed by atoms with Gasteiger partial charge in [-0.25, -0.2) is 0 Å². The molecule has 0 aromatic heterocycles. The Kier molecular flexibility index (Phi) is 4.83. The number of benzene rings is 1. The topological polar surface area (TPSA) is 30.5 Å². The van der Waals surface area contributed by atoms with Crippen molar-refractivity contribution in [2.75, 3.05) is 32.9 Å². The maximum absolute atomic E-state index is 5.68. The SMILES string of the molecule is CCCNCCOCC1COc2ccccc21. The molecule has 0 fully saturated rings. The molecule has 0 spiro atoms. The van der Waals surface area contributed by atoms with Crippen LogP contribution in [0.1, 0.15) is 24.8 Å². The van der Waals surface area contributed by atoms with Crippen LogP contribution in [-0.4, -0.2) is 32.9 Å². The minimum absolute atomic E-state index is 0.400. The van der Waals surface area contributed by atoms with Crippen LogP contribution in [0.4, 0.5) is 0 Å². The molecular weight excluding hydrogens is 214 g/mol. The predicted octanol–water partition coefficient (Wildman–Crippen LogP) is 2.18. The van der Waals surface area contributed by atoms with Crippen LogP contribution in [0.15, 0.2) is 24.3 Å². The largest absolute Gasteiger partial charge is 0.493 e. The van der Waals surface area contributed by atoms with Gasteiger partial charge < -0.3 is 14.8 Å². The molecule has 3 heteroatoms. The van der Waals surface area contributed by atoms with Crippen LogP contribution in [0.3, 0.4) is 0 Å². The zero-order chi connectivity index (χ0) is 11.9. The first-order valence-corrected chi connectivity index (χ1v) is 6.42. The van der Waals surface area contributed by atoms with Gasteiger partial charge in [0.05, 0.1) is 19.8 Å². The van der Waals surface area contributed by atoms with Crippen molar-refractivity contribution < 1.29 is 9.47 Å². The maximum Gasteiger partial charge on any atom is 0.123 e. The number of para-hydroxylation sites is 1. The van der Waals surface area contributed by atoms with E-state index in [1.54, 1.807) is 0 Å². The van der Waals surface area contributed by atoms with Gasteiger partial charge in [-0.1, -0.05) is 25.1 Å². The van der Waals surface area contributed by atoms with E-state index in [1.807, 2.05) is 12.1 Å². The Hall–Kier alpha value is -1.06. The Morgan fingerprint density at radius 1 is 1.35 bits per heavy atom. The number of hydrogen-bond acceptors (Lipinski definition) is 3. The summed E-state index contributed by atoms with van der Waals surface area (Å²) in [4.78, 5) is 0. The average molecular weight is 235 g/mol. The maximum atomic E-state index is 5.68. The van der Waals surface area contributed by atoms with Crippen LogP contribution in [0, 0.1) is 0 Å². The number of rotatable bonds is 7. The third-order valence-electron chi connectivity index (χ3n) is 2.97. The van der Waals surface area contributed by atoms with Gasteiger partial charge in [-0.05, 0) is 19.0 Å². The van der Waals surface area contributed by atoms with Crippen LogP contribution in [0.25, 0.3) is 0 Å². The molecule has 0 bridgehead atoms. The first kappa shape index (κ1) is 12.4. The number of nitrogens with one attached hydrogen (secondary N) is 1. The van der Waals surface area contributed by atoms with Crippen LogP contribution in [0.2, 0.25) is 0 Å². The van der Waals surface area contributed by atoms with Gasteiger partial charge in [0.2, 0.25) is 0 Å². The minimum atomic E-state index is 0.400. The second-order valence-electron chi connectivity index (χ2n) is 4.37. The zero-order valence-electron chi connectivity index (χ0n) is 10.4. The Labute approximate surface area is 103 Å². The number of hydrogen-bond donors (Lipinski definition) is 1. The Bertz CT molecular complexity index is 341. The van der Waals surface area contributed by atoms with Gasteiger partial charge in [0.15, 0.2) is 0 Å². The monoisotopic (exact) mass is 235 g/mol. The van der Waals surface area contributed by atoms with Crippen molar-refractivity contribution in [3.8, 4) is 5.75 Å². The molecule has 1 heterocycles. The molecule has 17 heavy (non-hydrogen) atoms. The molecule has 0 aliphatic carbocycles. The molecular formula is C14H21NO2. The quantitative estimate of drug-likeness (QED) is 0.735. The molecule has 3 nitrogen and oxygen atoms in total. The molecule has 1 aliphatic rings. The summed E-state index contributed by atoms with van der Waals surface area (Å²) < 4.78 is 11.3. The number of ether oxygens (including phenoxy) is 2. The summed E-state index contributed by atoms with van der Waals surface area (Å²) in [6.07, 6.45) is 1.17. The second-order valence-corrected chi connectivity index (χ2v) is 4.37. The molecule has 1 aliphatic heterocycles. The van der Waals surface area contributed by atoms with Crippen LogP contribution >= 0.6 is 0 Å². The lowest BCUT2D eigenvalue weighted by atomic mass is 10.0. The van der Waals surface area contributed by atoms with Crippen LogP contribution in [0.5, 0.6) is 5.75 Å². The van der Waals surface area contributed by atoms with Crippen molar-refractivity contribution in [3.05, 3.63) is 29.8 Å². The molecule has 0 radical (unpaired) electrons. The van der Waals surface area contributed by atoms with Gasteiger partial charge in [0.25, 0.3) is 0 Å². The summed E-state index contributed by atoms with van der Waals surface area (Å²) >= 11 is 0. The van der Waals surface area contributed by atoms with Crippen LogP contribution in [-0.2, 0) is 4.74 Å². The van der Waals surface area contributed by atoms with E-state index in [2.05, 4.69) is 24.4 Å². The van der Waals surface area contributed by atoms with Crippen molar-refractivity contribution in [2.45, 2.75) is 19.3 Å². The standard InChI is InChI=1S/C14H21NO2/c1-2-7-15-8-9-16-10-12-11-17-14-6-4-3-5-13(12)14/h3-6,12,15H,2,7-11H2,1H3. The van der Waals surface area contributed by atoms with E-state index in [9.17, 15) is 0 Å². The second kappa shape index (κ2) is 6.62. The highest BCUT2D eigenvalue weighted by molar-refractivity contribution is 5.39. The van der Waals surface area contributed by atoms with Gasteiger partial charge >= 0.3 is 0 Å². The van der Waals surface area contributed by atoms with Gasteiger partial charge in [0.1, 0.15) is 5.75 Å². The van der Waals surface area contributed by atoms with Gasteiger partial charge in [-0.2, -0.15) is 0 Å². The Morgan fingerprint density at radius 2 is 2.24 bits per heavy atom. The highest BCUT2D eigenvalue weighted by Gasteiger charge is 2.23. The highest BCUT2D eigenvalue weighted by Crippen LogP contribution is 2.33. The van der Waals surface area contributed by atoms with E-state index >= 15 is 0 Å². The highest BCUT2D eigenvalue weighted by atomic mass is 16.5. The van der Waals surface area contributed by atoms with Crippen molar-refractivity contribution in [3.63, 3.8) is 0 Å². The minimum Gasteiger partial charge on any atom is -0.493 e. The lowest BCUT2D eigenvalue weighted by molar-refractivity contribution is 0.114. The summed E-state index contributed by atoms with van der Waals surface area (Å²) in [6.45, 7) is 6.45. The molecule has 0 saturated heterocycles. The first-order chi connectivity index (χ1) is 8.42. The molecule has 94 valence electrons. The van der Waals surface area contributed by atoms with Gasteiger partial charge in [-0.3, -0.25) is 0 Å². The van der Waals surface area contributed by atoms with E-state index in [0.29, 0.717) is 5.92 Å². The molecule has 1 atom stereocenters. The van der Waals surface area contributed by atoms with E-state index in [-0.39, 0.29) is 0 Å². The lowest BCUT2D eigenvalue weighted by Crippen LogP contribution is -2.21. The Balaban J connectivity index is 1.68. The van der Waals surface area contributed by atoms with E-state index in [4.69, 9.17) is 9.47 Å². The average Bonchev–Trinajstić information content (AvgIpc) is 2.77. The third kappa shape index (κ3) is 3.45. The zero-order valence-corrected chi connectivity index (χ0v) is 10.4. The summed E-state index contributed by atoms with van der Waals surface area (Å²) in [7, 11) is 0. The molecule has 1 aromatic rings. The van der Waals surface area contributed by atoms with Crippen molar-refractivity contribution in [2.24, 2.45) is 0 Å². The van der Waals surface area contributed by atoms with Gasteiger partial charge in [-0.15, -0.1) is 0 Å². The molecule has 1 N–H and O–H groups in total. The fourth-order valence-corrected chi connectivity index (χ4v) is 2.04. The van der Waals surface area contributed by atoms with E-state index < -0.39 is 0 Å². The fraction of sp³-hybridized carbons (Fsp3) is 0.571. The predicted molar refractivity (Wildman–Crippen MR) is 68.7 cm³/mol. The van der Waals surface area contributed by atoms with Gasteiger partial charge in [0, 0.05) is 18.0 Å². The van der Waals surface area contributed by atoms with E-state index in [1.165, 1.54) is 12.0 Å². The first-order valence-electron chi connectivity index (χ1n) is 6.42. The Morgan fingerprint density at radius 3 is 3.12 bits per heavy atom. The third-order valence-corrected chi connectivity index (χ3v) is 2.97. The van der Waals surface area contributed by atoms with E-state index in [0.717, 1.165) is 38.7 Å². The molecule has 0 saturated carbocycles. The summed E-state index contributed by atoms with van der Waals surface area (Å²) in [6, 6.07) is 8.23. The molecule has 2 rings (SSSR count). The molecule has 1 unspecified atom stereocenters. The number of fused-ring (bicyclic) bond motifs is 1. The summed E-state index contributed by atoms with van der Waals surface area (Å²) in [5.41, 5.74) is 1.29.